The lowest BCUT2D eigenvalue weighted by Gasteiger charge is -2.24. The van der Waals surface area contributed by atoms with Gasteiger partial charge in [-0.25, -0.2) is 14.3 Å². The SMILES string of the molecule is Cc1cc(C)n(-c2cncc(N3C[C@@H](N(C)C)[C@@H](n4ccnn4)C3)n2)n1. The Labute approximate surface area is 152 Å². The van der Waals surface area contributed by atoms with Gasteiger partial charge in [0.25, 0.3) is 0 Å². The number of hydrogen-bond donors (Lipinski definition) is 0. The van der Waals surface area contributed by atoms with Crippen molar-refractivity contribution in [3.05, 3.63) is 42.2 Å². The number of rotatable bonds is 4. The van der Waals surface area contributed by atoms with Gasteiger partial charge in [-0.3, -0.25) is 4.98 Å². The van der Waals surface area contributed by atoms with Gasteiger partial charge in [-0.15, -0.1) is 5.10 Å². The summed E-state index contributed by atoms with van der Waals surface area (Å²) in [5.74, 6) is 1.59. The van der Waals surface area contributed by atoms with Crippen LogP contribution in [0.2, 0.25) is 0 Å². The Morgan fingerprint density at radius 3 is 2.58 bits per heavy atom. The van der Waals surface area contributed by atoms with Gasteiger partial charge in [0.15, 0.2) is 5.82 Å². The number of aromatic nitrogens is 7. The standard InChI is InChI=1S/C17H23N9/c1-12-7-13(2)26(21-12)17-9-18-8-16(20-17)24-10-14(23(3)4)15(11-24)25-6-5-19-22-25/h5-9,14-15H,10-11H2,1-4H3/t14-,15+/m1/s1. The maximum absolute atomic E-state index is 4.81. The number of hydrogen-bond acceptors (Lipinski definition) is 7. The van der Waals surface area contributed by atoms with E-state index in [2.05, 4.69) is 44.3 Å². The number of likely N-dealkylation sites (N-methyl/N-ethyl adjacent to an activating group) is 1. The fourth-order valence-corrected chi connectivity index (χ4v) is 3.58. The van der Waals surface area contributed by atoms with Crippen LogP contribution in [0.5, 0.6) is 0 Å². The summed E-state index contributed by atoms with van der Waals surface area (Å²) in [4.78, 5) is 13.7. The minimum absolute atomic E-state index is 0.214. The summed E-state index contributed by atoms with van der Waals surface area (Å²) in [5, 5.41) is 12.7. The van der Waals surface area contributed by atoms with Crippen molar-refractivity contribution in [2.75, 3.05) is 32.1 Å². The van der Waals surface area contributed by atoms with Crippen molar-refractivity contribution in [3.63, 3.8) is 0 Å². The third-order valence-electron chi connectivity index (χ3n) is 4.86. The molecule has 0 aliphatic carbocycles. The van der Waals surface area contributed by atoms with Crippen LogP contribution in [0.4, 0.5) is 5.82 Å². The van der Waals surface area contributed by atoms with Crippen LogP contribution < -0.4 is 4.90 Å². The first-order chi connectivity index (χ1) is 12.5. The molecule has 136 valence electrons. The van der Waals surface area contributed by atoms with Gasteiger partial charge in [0.05, 0.1) is 36.4 Å². The molecule has 0 aromatic carbocycles. The molecule has 1 fully saturated rings. The Balaban J connectivity index is 1.64. The molecule has 9 nitrogen and oxygen atoms in total. The zero-order chi connectivity index (χ0) is 18.3. The molecule has 0 bridgehead atoms. The van der Waals surface area contributed by atoms with Gasteiger partial charge < -0.3 is 9.80 Å². The van der Waals surface area contributed by atoms with Crippen LogP contribution in [0.15, 0.2) is 30.9 Å². The van der Waals surface area contributed by atoms with Crippen molar-refractivity contribution in [3.8, 4) is 5.82 Å². The van der Waals surface area contributed by atoms with E-state index in [9.17, 15) is 0 Å². The molecule has 0 radical (unpaired) electrons. The summed E-state index contributed by atoms with van der Waals surface area (Å²) in [6.07, 6.45) is 7.20. The maximum atomic E-state index is 4.81. The molecular weight excluding hydrogens is 330 g/mol. The smallest absolute Gasteiger partial charge is 0.174 e. The van der Waals surface area contributed by atoms with Crippen molar-refractivity contribution in [2.45, 2.75) is 25.9 Å². The largest absolute Gasteiger partial charge is 0.351 e. The second kappa shape index (κ2) is 6.49. The zero-order valence-electron chi connectivity index (χ0n) is 15.5. The average Bonchev–Trinajstić information content (AvgIpc) is 3.33. The van der Waals surface area contributed by atoms with Gasteiger partial charge in [-0.05, 0) is 34.0 Å². The third-order valence-corrected chi connectivity index (χ3v) is 4.86. The van der Waals surface area contributed by atoms with Crippen LogP contribution in [0.25, 0.3) is 5.82 Å². The Morgan fingerprint density at radius 1 is 1.12 bits per heavy atom. The molecule has 1 aliphatic heterocycles. The van der Waals surface area contributed by atoms with Crippen LogP contribution in [0, 0.1) is 13.8 Å². The van der Waals surface area contributed by atoms with Crippen molar-refractivity contribution in [1.82, 2.24) is 39.6 Å². The van der Waals surface area contributed by atoms with Crippen molar-refractivity contribution in [1.29, 1.82) is 0 Å². The second-order valence-corrected chi connectivity index (χ2v) is 6.96. The lowest BCUT2D eigenvalue weighted by molar-refractivity contribution is 0.243. The van der Waals surface area contributed by atoms with E-state index in [4.69, 9.17) is 4.98 Å². The molecule has 4 rings (SSSR count). The molecule has 4 heterocycles. The molecule has 3 aromatic heterocycles. The number of nitrogens with zero attached hydrogens (tertiary/aromatic N) is 9. The van der Waals surface area contributed by atoms with Crippen molar-refractivity contribution < 1.29 is 0 Å². The van der Waals surface area contributed by atoms with E-state index in [1.54, 1.807) is 12.4 Å². The summed E-state index contributed by atoms with van der Waals surface area (Å²) in [7, 11) is 4.19. The monoisotopic (exact) mass is 353 g/mol. The van der Waals surface area contributed by atoms with Gasteiger partial charge in [0, 0.05) is 25.0 Å². The van der Waals surface area contributed by atoms with Gasteiger partial charge in [0.1, 0.15) is 5.82 Å². The molecular formula is C17H23N9. The van der Waals surface area contributed by atoms with Crippen LogP contribution in [-0.4, -0.2) is 72.9 Å². The molecule has 9 heteroatoms. The average molecular weight is 353 g/mol. The minimum atomic E-state index is 0.214. The maximum Gasteiger partial charge on any atom is 0.174 e. The predicted molar refractivity (Wildman–Crippen MR) is 97.4 cm³/mol. The van der Waals surface area contributed by atoms with Crippen molar-refractivity contribution >= 4 is 5.82 Å². The van der Waals surface area contributed by atoms with E-state index in [0.717, 1.165) is 36.1 Å². The molecule has 26 heavy (non-hydrogen) atoms. The number of anilines is 1. The second-order valence-electron chi connectivity index (χ2n) is 6.96. The van der Waals surface area contributed by atoms with E-state index < -0.39 is 0 Å². The van der Waals surface area contributed by atoms with Crippen molar-refractivity contribution in [2.24, 2.45) is 0 Å². The first kappa shape index (κ1) is 16.6. The topological polar surface area (TPSA) is 80.8 Å². The normalized spacial score (nSPS) is 20.3. The van der Waals surface area contributed by atoms with Crippen LogP contribution in [-0.2, 0) is 0 Å². The van der Waals surface area contributed by atoms with Gasteiger partial charge >= 0.3 is 0 Å². The highest BCUT2D eigenvalue weighted by Gasteiger charge is 2.36. The highest BCUT2D eigenvalue weighted by molar-refractivity contribution is 5.42. The van der Waals surface area contributed by atoms with E-state index in [-0.39, 0.29) is 6.04 Å². The Hall–Kier alpha value is -2.81. The molecule has 2 atom stereocenters. The van der Waals surface area contributed by atoms with E-state index in [1.807, 2.05) is 41.7 Å². The van der Waals surface area contributed by atoms with Gasteiger partial charge in [0.2, 0.25) is 0 Å². The highest BCUT2D eigenvalue weighted by atomic mass is 15.5. The van der Waals surface area contributed by atoms with Crippen LogP contribution in [0.1, 0.15) is 17.4 Å². The molecule has 0 spiro atoms. The summed E-state index contributed by atoms with van der Waals surface area (Å²) < 4.78 is 3.77. The molecule has 3 aromatic rings. The Kier molecular flexibility index (Phi) is 4.15. The Morgan fingerprint density at radius 2 is 1.92 bits per heavy atom. The fourth-order valence-electron chi connectivity index (χ4n) is 3.58. The summed E-state index contributed by atoms with van der Waals surface area (Å²) in [5.41, 5.74) is 2.01. The molecule has 0 saturated carbocycles. The van der Waals surface area contributed by atoms with E-state index >= 15 is 0 Å². The Bertz CT molecular complexity index is 884. The molecule has 1 saturated heterocycles. The first-order valence-electron chi connectivity index (χ1n) is 8.66. The van der Waals surface area contributed by atoms with Crippen LogP contribution in [0.3, 0.4) is 0 Å². The number of aryl methyl sites for hydroxylation is 2. The lowest BCUT2D eigenvalue weighted by atomic mass is 10.1. The molecule has 0 amide bonds. The van der Waals surface area contributed by atoms with Gasteiger partial charge in [-0.1, -0.05) is 5.21 Å². The van der Waals surface area contributed by atoms with E-state index in [1.165, 1.54) is 0 Å². The fraction of sp³-hybridized carbons (Fsp3) is 0.471. The lowest BCUT2D eigenvalue weighted by Crippen LogP contribution is -2.36. The third kappa shape index (κ3) is 2.94. The molecule has 0 N–H and O–H groups in total. The van der Waals surface area contributed by atoms with Gasteiger partial charge in [-0.2, -0.15) is 5.10 Å². The minimum Gasteiger partial charge on any atom is -0.351 e. The first-order valence-corrected chi connectivity index (χ1v) is 8.66. The summed E-state index contributed by atoms with van der Waals surface area (Å²) >= 11 is 0. The summed E-state index contributed by atoms with van der Waals surface area (Å²) in [6, 6.07) is 2.56. The highest BCUT2D eigenvalue weighted by Crippen LogP contribution is 2.28. The molecule has 0 unspecified atom stereocenters. The predicted octanol–water partition coefficient (Wildman–Crippen LogP) is 0.862. The van der Waals surface area contributed by atoms with E-state index in [0.29, 0.717) is 6.04 Å². The van der Waals surface area contributed by atoms with Crippen LogP contribution >= 0.6 is 0 Å². The molecule has 1 aliphatic rings. The quantitative estimate of drug-likeness (QED) is 0.688. The zero-order valence-corrected chi connectivity index (χ0v) is 15.5. The summed E-state index contributed by atoms with van der Waals surface area (Å²) in [6.45, 7) is 5.66.